The molecule has 0 aromatic carbocycles. The maximum Gasteiger partial charge on any atom is 0.288 e. The first-order chi connectivity index (χ1) is 14.0. The van der Waals surface area contributed by atoms with Gasteiger partial charge in [0.15, 0.2) is 0 Å². The van der Waals surface area contributed by atoms with Gasteiger partial charge >= 0.3 is 0 Å². The number of hydrogen-bond acceptors (Lipinski definition) is 8. The van der Waals surface area contributed by atoms with Crippen molar-refractivity contribution in [2.24, 2.45) is 0 Å². The molecular formula is C18H20N4O4S3. The van der Waals surface area contributed by atoms with E-state index in [0.29, 0.717) is 11.6 Å². The summed E-state index contributed by atoms with van der Waals surface area (Å²) in [4.78, 5) is 58.1. The van der Waals surface area contributed by atoms with Crippen LogP contribution in [0.3, 0.4) is 0 Å². The summed E-state index contributed by atoms with van der Waals surface area (Å²) < 4.78 is 0. The number of nitrogens with zero attached hydrogens (tertiary/aromatic N) is 2. The van der Waals surface area contributed by atoms with Gasteiger partial charge in [-0.25, -0.2) is 4.98 Å². The predicted molar refractivity (Wildman–Crippen MR) is 116 cm³/mol. The number of aromatic nitrogens is 2. The molecule has 0 unspecified atom stereocenters. The lowest BCUT2D eigenvalue weighted by Gasteiger charge is -2.12. The minimum absolute atomic E-state index is 0.0905. The Labute approximate surface area is 179 Å². The van der Waals surface area contributed by atoms with Crippen LogP contribution in [-0.4, -0.2) is 56.5 Å². The molecule has 1 aliphatic carbocycles. The van der Waals surface area contributed by atoms with Crippen molar-refractivity contribution in [3.05, 3.63) is 26.6 Å². The Morgan fingerprint density at radius 1 is 1.24 bits per heavy atom. The highest BCUT2D eigenvalue weighted by Gasteiger charge is 2.29. The van der Waals surface area contributed by atoms with Gasteiger partial charge in [-0.1, -0.05) is 11.8 Å². The molecule has 3 heterocycles. The van der Waals surface area contributed by atoms with Gasteiger partial charge in [-0.2, -0.15) is 0 Å². The van der Waals surface area contributed by atoms with Crippen LogP contribution in [0.4, 0.5) is 4.79 Å². The lowest BCUT2D eigenvalue weighted by Crippen LogP contribution is -2.38. The zero-order valence-corrected chi connectivity index (χ0v) is 18.1. The summed E-state index contributed by atoms with van der Waals surface area (Å²) in [5.41, 5.74) is 1.07. The van der Waals surface area contributed by atoms with Gasteiger partial charge in [0.1, 0.15) is 10.7 Å². The van der Waals surface area contributed by atoms with E-state index in [4.69, 9.17) is 0 Å². The van der Waals surface area contributed by atoms with E-state index >= 15 is 0 Å². The van der Waals surface area contributed by atoms with E-state index in [2.05, 4.69) is 15.3 Å². The lowest BCUT2D eigenvalue weighted by atomic mass is 9.97. The second kappa shape index (κ2) is 8.88. The fraction of sp³-hybridized carbons (Fsp3) is 0.500. The van der Waals surface area contributed by atoms with Crippen molar-refractivity contribution in [1.29, 1.82) is 0 Å². The van der Waals surface area contributed by atoms with E-state index in [9.17, 15) is 19.2 Å². The summed E-state index contributed by atoms with van der Waals surface area (Å²) in [6.45, 7) is 0.425. The molecule has 0 saturated carbocycles. The van der Waals surface area contributed by atoms with Crippen molar-refractivity contribution in [3.8, 4) is 0 Å². The number of H-pyrrole nitrogens is 1. The third-order valence-corrected chi connectivity index (χ3v) is 7.83. The minimum atomic E-state index is -0.265. The molecule has 2 aromatic rings. The number of nitrogens with one attached hydrogen (secondary N) is 2. The first kappa shape index (κ1) is 20.4. The average molecular weight is 453 g/mol. The normalized spacial score (nSPS) is 16.5. The van der Waals surface area contributed by atoms with E-state index in [0.717, 1.165) is 58.1 Å². The van der Waals surface area contributed by atoms with Crippen LogP contribution in [-0.2, 0) is 28.2 Å². The molecule has 0 spiro atoms. The molecule has 0 bridgehead atoms. The minimum Gasteiger partial charge on any atom is -0.354 e. The predicted octanol–water partition coefficient (Wildman–Crippen LogP) is 1.91. The molecule has 2 aromatic heterocycles. The van der Waals surface area contributed by atoms with E-state index in [1.807, 2.05) is 0 Å². The molecule has 154 valence electrons. The number of aryl methyl sites for hydroxylation is 2. The van der Waals surface area contributed by atoms with Gasteiger partial charge in [-0.05, 0) is 31.2 Å². The molecular weight excluding hydrogens is 432 g/mol. The Kier molecular flexibility index (Phi) is 6.26. The summed E-state index contributed by atoms with van der Waals surface area (Å²) in [5.74, 6) is 0.983. The van der Waals surface area contributed by atoms with Gasteiger partial charge in [-0.15, -0.1) is 23.1 Å². The average Bonchev–Trinajstić information content (AvgIpc) is 3.22. The lowest BCUT2D eigenvalue weighted by molar-refractivity contribution is -0.125. The molecule has 3 amide bonds. The van der Waals surface area contributed by atoms with Gasteiger partial charge < -0.3 is 10.3 Å². The molecule has 2 aliphatic rings. The Morgan fingerprint density at radius 3 is 2.86 bits per heavy atom. The monoisotopic (exact) mass is 452 g/mol. The van der Waals surface area contributed by atoms with Crippen molar-refractivity contribution in [1.82, 2.24) is 20.2 Å². The smallest absolute Gasteiger partial charge is 0.288 e. The molecule has 4 rings (SSSR count). The fourth-order valence-corrected chi connectivity index (χ4v) is 6.22. The highest BCUT2D eigenvalue weighted by atomic mass is 32.2. The number of fused-ring (bicyclic) bond motifs is 3. The number of carbonyl (C=O) groups excluding carboxylic acids is 3. The van der Waals surface area contributed by atoms with Crippen LogP contribution >= 0.6 is 34.9 Å². The maximum absolute atomic E-state index is 12.5. The zero-order valence-electron chi connectivity index (χ0n) is 15.6. The number of thiophene rings is 1. The van der Waals surface area contributed by atoms with E-state index in [1.54, 1.807) is 11.3 Å². The fourth-order valence-electron chi connectivity index (χ4n) is 3.47. The van der Waals surface area contributed by atoms with Crippen LogP contribution in [0.25, 0.3) is 10.2 Å². The third kappa shape index (κ3) is 4.51. The molecule has 0 radical (unpaired) electrons. The number of imide groups is 1. The topological polar surface area (TPSA) is 112 Å². The molecule has 1 fully saturated rings. The highest BCUT2D eigenvalue weighted by molar-refractivity contribution is 8.14. The van der Waals surface area contributed by atoms with Crippen molar-refractivity contribution in [2.45, 2.75) is 31.4 Å². The number of aromatic amines is 1. The summed E-state index contributed by atoms with van der Waals surface area (Å²) in [7, 11) is 0. The largest absolute Gasteiger partial charge is 0.354 e. The first-order valence-corrected chi connectivity index (χ1v) is 12.3. The molecule has 1 saturated heterocycles. The van der Waals surface area contributed by atoms with Gasteiger partial charge in [-0.3, -0.25) is 24.1 Å². The Bertz CT molecular complexity index is 1020. The summed E-state index contributed by atoms with van der Waals surface area (Å²) >= 11 is 3.95. The van der Waals surface area contributed by atoms with Crippen molar-refractivity contribution in [2.75, 3.05) is 24.6 Å². The van der Waals surface area contributed by atoms with E-state index < -0.39 is 0 Å². The van der Waals surface area contributed by atoms with E-state index in [1.165, 1.54) is 16.6 Å². The molecule has 0 atom stereocenters. The van der Waals surface area contributed by atoms with E-state index in [-0.39, 0.29) is 47.2 Å². The molecule has 11 heteroatoms. The quantitative estimate of drug-likeness (QED) is 0.660. The number of rotatable bonds is 7. The number of carbonyl (C=O) groups is 3. The second-order valence-electron chi connectivity index (χ2n) is 6.85. The number of amides is 3. The zero-order chi connectivity index (χ0) is 20.4. The van der Waals surface area contributed by atoms with Crippen LogP contribution in [0.5, 0.6) is 0 Å². The Balaban J connectivity index is 1.27. The van der Waals surface area contributed by atoms with Gasteiger partial charge in [0.2, 0.25) is 11.8 Å². The Morgan fingerprint density at radius 2 is 2.07 bits per heavy atom. The Hall–Kier alpha value is -1.85. The summed E-state index contributed by atoms with van der Waals surface area (Å²) in [6, 6.07) is 0. The second-order valence-corrected chi connectivity index (χ2v) is 9.84. The first-order valence-electron chi connectivity index (χ1n) is 9.38. The third-order valence-electron chi connectivity index (χ3n) is 4.84. The number of hydrogen-bond donors (Lipinski definition) is 2. The van der Waals surface area contributed by atoms with Crippen LogP contribution in [0.15, 0.2) is 4.79 Å². The van der Waals surface area contributed by atoms with Crippen molar-refractivity contribution in [3.63, 3.8) is 0 Å². The van der Waals surface area contributed by atoms with Crippen LogP contribution in [0, 0.1) is 0 Å². The van der Waals surface area contributed by atoms with Gasteiger partial charge in [0.05, 0.1) is 22.6 Å². The molecule has 8 nitrogen and oxygen atoms in total. The summed E-state index contributed by atoms with van der Waals surface area (Å²) in [5, 5.41) is 3.18. The number of thioether (sulfide) groups is 2. The molecule has 29 heavy (non-hydrogen) atoms. The summed E-state index contributed by atoms with van der Waals surface area (Å²) in [6.07, 6.45) is 4.24. The standard InChI is InChI=1S/C18H20N4O4S3/c23-13(19-5-6-22-14(24)9-28-18(22)26)8-27-7-12-20-16(25)15-10-3-1-2-4-11(10)29-17(15)21-12/h1-9H2,(H,19,23)(H,20,21,25). The molecule has 1 aliphatic heterocycles. The SMILES string of the molecule is O=C(CSCc1nc2sc3c(c2c(=O)[nH]1)CCCC3)NCCN1C(=O)CSC1=O. The highest BCUT2D eigenvalue weighted by Crippen LogP contribution is 2.33. The van der Waals surface area contributed by atoms with Crippen LogP contribution in [0.2, 0.25) is 0 Å². The van der Waals surface area contributed by atoms with Crippen molar-refractivity contribution >= 4 is 62.1 Å². The molecule has 2 N–H and O–H groups in total. The van der Waals surface area contributed by atoms with Crippen molar-refractivity contribution < 1.29 is 14.4 Å². The maximum atomic E-state index is 12.5. The van der Waals surface area contributed by atoms with Gasteiger partial charge in [0, 0.05) is 18.0 Å². The van der Waals surface area contributed by atoms with Crippen LogP contribution in [0.1, 0.15) is 29.1 Å². The van der Waals surface area contributed by atoms with Crippen LogP contribution < -0.4 is 10.9 Å². The van der Waals surface area contributed by atoms with Gasteiger partial charge in [0.25, 0.3) is 10.8 Å².